The fourth-order valence-corrected chi connectivity index (χ4v) is 5.55. The number of hydrogen-bond acceptors (Lipinski definition) is 5. The van der Waals surface area contributed by atoms with Crippen LogP contribution in [0.5, 0.6) is 5.75 Å². The van der Waals surface area contributed by atoms with Crippen LogP contribution in [0.15, 0.2) is 88.9 Å². The van der Waals surface area contributed by atoms with Crippen LogP contribution in [-0.2, 0) is 4.79 Å². The number of ether oxygens (including phenoxy) is 1. The number of carbonyl (C=O) groups is 1. The Morgan fingerprint density at radius 2 is 1.81 bits per heavy atom. The van der Waals surface area contributed by atoms with Crippen molar-refractivity contribution in [3.05, 3.63) is 105 Å². The molecule has 0 aromatic heterocycles. The van der Waals surface area contributed by atoms with Crippen LogP contribution in [0.3, 0.4) is 0 Å². The predicted molar refractivity (Wildman–Crippen MR) is 127 cm³/mol. The summed E-state index contributed by atoms with van der Waals surface area (Å²) in [6, 6.07) is 25.4. The molecule has 1 spiro atoms. The molecule has 5 nitrogen and oxygen atoms in total. The van der Waals surface area contributed by atoms with Gasteiger partial charge in [-0.05, 0) is 47.2 Å². The van der Waals surface area contributed by atoms with Crippen LogP contribution in [0.2, 0.25) is 5.02 Å². The number of halogens is 1. The molecule has 1 fully saturated rings. The molecule has 1 N–H and O–H groups in total. The van der Waals surface area contributed by atoms with E-state index in [1.54, 1.807) is 0 Å². The summed E-state index contributed by atoms with van der Waals surface area (Å²) in [5, 5.41) is 9.43. The molecule has 3 aliphatic rings. The number of carbonyl (C=O) groups excluding carboxylic acids is 1. The van der Waals surface area contributed by atoms with Crippen molar-refractivity contribution >= 4 is 41.1 Å². The number of nitrogens with one attached hydrogen (secondary N) is 1. The zero-order valence-corrected chi connectivity index (χ0v) is 18.4. The van der Waals surface area contributed by atoms with Crippen LogP contribution < -0.4 is 10.1 Å². The van der Waals surface area contributed by atoms with Crippen LogP contribution in [0.1, 0.15) is 29.2 Å². The molecule has 3 heterocycles. The van der Waals surface area contributed by atoms with Gasteiger partial charge in [-0.25, -0.2) is 5.01 Å². The van der Waals surface area contributed by atoms with Gasteiger partial charge in [0.05, 0.1) is 16.7 Å². The van der Waals surface area contributed by atoms with Crippen LogP contribution in [-0.4, -0.2) is 21.8 Å². The van der Waals surface area contributed by atoms with E-state index in [2.05, 4.69) is 23.5 Å². The SMILES string of the molecule is O=C1N[C@@]2(Oc3ccccc3[C@H]3CC(c4ccccc4)=NN32)S/C1=C/c1ccc(Cl)cc1. The van der Waals surface area contributed by atoms with Gasteiger partial charge in [-0.15, -0.1) is 0 Å². The van der Waals surface area contributed by atoms with Gasteiger partial charge in [0.2, 0.25) is 0 Å². The molecule has 0 unspecified atom stereocenters. The summed E-state index contributed by atoms with van der Waals surface area (Å²) in [5.74, 6) is 0.574. The number of amides is 1. The average molecular weight is 460 g/mol. The molecular formula is C25H18ClN3O2S. The molecule has 0 saturated carbocycles. The van der Waals surface area contributed by atoms with Gasteiger partial charge in [-0.3, -0.25) is 10.1 Å². The topological polar surface area (TPSA) is 53.9 Å². The van der Waals surface area contributed by atoms with Crippen LogP contribution in [0, 0.1) is 0 Å². The summed E-state index contributed by atoms with van der Waals surface area (Å²) in [5.41, 5.74) is 4.01. The molecule has 1 saturated heterocycles. The highest BCUT2D eigenvalue weighted by Gasteiger charge is 2.57. The number of hydrogen-bond donors (Lipinski definition) is 1. The Balaban J connectivity index is 1.42. The predicted octanol–water partition coefficient (Wildman–Crippen LogP) is 5.40. The summed E-state index contributed by atoms with van der Waals surface area (Å²) in [6.45, 7) is 0. The Bertz CT molecular complexity index is 1280. The second-order valence-corrected chi connectivity index (χ2v) is 9.45. The number of benzene rings is 3. The Morgan fingerprint density at radius 3 is 2.62 bits per heavy atom. The summed E-state index contributed by atoms with van der Waals surface area (Å²) < 4.78 is 6.42. The summed E-state index contributed by atoms with van der Waals surface area (Å²) >= 11 is 7.34. The van der Waals surface area contributed by atoms with E-state index in [4.69, 9.17) is 21.4 Å². The van der Waals surface area contributed by atoms with E-state index < -0.39 is 5.18 Å². The lowest BCUT2D eigenvalue weighted by atomic mass is 9.97. The van der Waals surface area contributed by atoms with Crippen molar-refractivity contribution in [3.63, 3.8) is 0 Å². The van der Waals surface area contributed by atoms with Crippen molar-refractivity contribution in [2.45, 2.75) is 17.6 Å². The van der Waals surface area contributed by atoms with Gasteiger partial charge in [0.1, 0.15) is 5.75 Å². The number of nitrogens with zero attached hydrogens (tertiary/aromatic N) is 2. The van der Waals surface area contributed by atoms with Gasteiger partial charge < -0.3 is 4.74 Å². The molecule has 0 radical (unpaired) electrons. The van der Waals surface area contributed by atoms with Gasteiger partial charge in [0, 0.05) is 17.0 Å². The van der Waals surface area contributed by atoms with Crippen LogP contribution in [0.4, 0.5) is 0 Å². The monoisotopic (exact) mass is 459 g/mol. The van der Waals surface area contributed by atoms with Gasteiger partial charge in [0.25, 0.3) is 5.91 Å². The molecule has 7 heteroatoms. The molecule has 0 aliphatic carbocycles. The Labute approximate surface area is 194 Å². The van der Waals surface area contributed by atoms with E-state index in [1.807, 2.05) is 71.7 Å². The minimum Gasteiger partial charge on any atom is -0.439 e. The summed E-state index contributed by atoms with van der Waals surface area (Å²) in [6.07, 6.45) is 2.58. The van der Waals surface area contributed by atoms with E-state index in [0.29, 0.717) is 9.93 Å². The van der Waals surface area contributed by atoms with Crippen molar-refractivity contribution in [1.82, 2.24) is 10.3 Å². The molecular weight excluding hydrogens is 442 g/mol. The number of thioether (sulfide) groups is 1. The molecule has 6 rings (SSSR count). The molecule has 0 bridgehead atoms. The minimum absolute atomic E-state index is 0.0298. The van der Waals surface area contributed by atoms with E-state index >= 15 is 0 Å². The van der Waals surface area contributed by atoms with E-state index in [9.17, 15) is 4.79 Å². The quantitative estimate of drug-likeness (QED) is 0.521. The Hall–Kier alpha value is -3.22. The maximum absolute atomic E-state index is 13.0. The number of fused-ring (bicyclic) bond motifs is 4. The third-order valence-electron chi connectivity index (χ3n) is 5.76. The van der Waals surface area contributed by atoms with Gasteiger partial charge >= 0.3 is 5.18 Å². The maximum Gasteiger partial charge on any atom is 0.336 e. The minimum atomic E-state index is -1.13. The molecule has 1 amide bonds. The molecule has 3 aromatic rings. The fraction of sp³-hybridized carbons (Fsp3) is 0.120. The smallest absolute Gasteiger partial charge is 0.336 e. The zero-order valence-electron chi connectivity index (χ0n) is 16.9. The molecule has 3 aromatic carbocycles. The van der Waals surface area contributed by atoms with Crippen molar-refractivity contribution in [1.29, 1.82) is 0 Å². The van der Waals surface area contributed by atoms with Gasteiger partial charge in [-0.2, -0.15) is 5.10 Å². The van der Waals surface area contributed by atoms with Crippen molar-refractivity contribution in [3.8, 4) is 5.75 Å². The van der Waals surface area contributed by atoms with Crippen LogP contribution >= 0.6 is 23.4 Å². The number of hydrazone groups is 1. The molecule has 3 aliphatic heterocycles. The van der Waals surface area contributed by atoms with Crippen molar-refractivity contribution in [2.24, 2.45) is 5.10 Å². The highest BCUT2D eigenvalue weighted by molar-refractivity contribution is 8.05. The lowest BCUT2D eigenvalue weighted by molar-refractivity contribution is -0.127. The maximum atomic E-state index is 13.0. The second kappa shape index (κ2) is 7.43. The Kier molecular flexibility index (Phi) is 4.52. The van der Waals surface area contributed by atoms with E-state index in [1.165, 1.54) is 11.8 Å². The molecule has 2 atom stereocenters. The first kappa shape index (κ1) is 19.5. The highest BCUT2D eigenvalue weighted by Crippen LogP contribution is 2.53. The van der Waals surface area contributed by atoms with Crippen molar-refractivity contribution in [2.75, 3.05) is 0 Å². The first-order valence-electron chi connectivity index (χ1n) is 10.3. The first-order valence-corrected chi connectivity index (χ1v) is 11.5. The number of para-hydroxylation sites is 1. The third kappa shape index (κ3) is 3.18. The first-order chi connectivity index (χ1) is 15.6. The fourth-order valence-electron chi connectivity index (χ4n) is 4.26. The van der Waals surface area contributed by atoms with Gasteiger partial charge in [0.15, 0.2) is 0 Å². The normalized spacial score (nSPS) is 24.7. The summed E-state index contributed by atoms with van der Waals surface area (Å²) in [7, 11) is 0. The lowest BCUT2D eigenvalue weighted by Crippen LogP contribution is -2.58. The van der Waals surface area contributed by atoms with Gasteiger partial charge in [-0.1, -0.05) is 72.3 Å². The standard InChI is InChI=1S/C25H18ClN3O2S/c26-18-12-10-16(11-13-18)14-23-24(30)27-25(32-23)29-21(19-8-4-5-9-22(19)31-25)15-20(28-29)17-6-2-1-3-7-17/h1-14,21H,15H2,(H,27,30)/b23-14+/t21-,25-/m1/s1. The van der Waals surface area contributed by atoms with Crippen molar-refractivity contribution < 1.29 is 9.53 Å². The largest absolute Gasteiger partial charge is 0.439 e. The van der Waals surface area contributed by atoms with E-state index in [0.717, 1.165) is 34.6 Å². The second-order valence-electron chi connectivity index (χ2n) is 7.82. The van der Waals surface area contributed by atoms with E-state index in [-0.39, 0.29) is 11.9 Å². The number of rotatable bonds is 2. The van der Waals surface area contributed by atoms with Crippen LogP contribution in [0.25, 0.3) is 6.08 Å². The average Bonchev–Trinajstić information content (AvgIpc) is 3.39. The summed E-state index contributed by atoms with van der Waals surface area (Å²) in [4.78, 5) is 13.6. The zero-order chi connectivity index (χ0) is 21.7. The molecule has 158 valence electrons. The highest BCUT2D eigenvalue weighted by atomic mass is 35.5. The Morgan fingerprint density at radius 1 is 1.06 bits per heavy atom. The molecule has 32 heavy (non-hydrogen) atoms. The third-order valence-corrected chi connectivity index (χ3v) is 7.18. The lowest BCUT2D eigenvalue weighted by Gasteiger charge is -2.43.